The molecule has 1 aromatic rings. The van der Waals surface area contributed by atoms with Crippen LogP contribution in [0.4, 0.5) is 5.69 Å². The summed E-state index contributed by atoms with van der Waals surface area (Å²) in [6.07, 6.45) is 17.4. The molecule has 0 radical (unpaired) electrons. The van der Waals surface area contributed by atoms with Crippen molar-refractivity contribution in [2.75, 3.05) is 0 Å². The van der Waals surface area contributed by atoms with Crippen LogP contribution in [0.15, 0.2) is 139 Å². The van der Waals surface area contributed by atoms with Crippen LogP contribution in [0.3, 0.4) is 0 Å². The van der Waals surface area contributed by atoms with E-state index in [9.17, 15) is 14.4 Å². The first-order valence-electron chi connectivity index (χ1n) is 17.5. The third-order valence-electron chi connectivity index (χ3n) is 8.61. The van der Waals surface area contributed by atoms with Gasteiger partial charge in [-0.1, -0.05) is 107 Å². The van der Waals surface area contributed by atoms with Crippen LogP contribution >= 0.6 is 11.6 Å². The van der Waals surface area contributed by atoms with Gasteiger partial charge in [0, 0.05) is 27.3 Å². The fourth-order valence-corrected chi connectivity index (χ4v) is 5.77. The van der Waals surface area contributed by atoms with E-state index in [-0.39, 0.29) is 39.0 Å². The number of rotatable bonds is 3. The average Bonchev–Trinajstić information content (AvgIpc) is 2.99. The molecule has 0 spiro atoms. The number of nitrogens with zero attached hydrogens (tertiary/aromatic N) is 2. The summed E-state index contributed by atoms with van der Waals surface area (Å²) in [5, 5.41) is 9.02. The topological polar surface area (TPSA) is 75.9 Å². The Morgan fingerprint density at radius 2 is 0.824 bits per heavy atom. The maximum atomic E-state index is 13.0. The summed E-state index contributed by atoms with van der Waals surface area (Å²) in [7, 11) is 0. The highest BCUT2D eigenvalue weighted by molar-refractivity contribution is 6.30. The highest BCUT2D eigenvalue weighted by atomic mass is 35.5. The second-order valence-electron chi connectivity index (χ2n) is 17.5. The Morgan fingerprint density at radius 1 is 0.490 bits per heavy atom. The van der Waals surface area contributed by atoms with Crippen LogP contribution in [0, 0.1) is 21.7 Å². The predicted molar refractivity (Wildman–Crippen MR) is 213 cm³/mol. The molecule has 3 aliphatic rings. The molecule has 1 aromatic carbocycles. The summed E-state index contributed by atoms with van der Waals surface area (Å²) in [6.45, 7) is 28.4. The molecule has 5 nitrogen and oxygen atoms in total. The lowest BCUT2D eigenvalue weighted by Gasteiger charge is -2.31. The van der Waals surface area contributed by atoms with E-state index in [4.69, 9.17) is 11.6 Å². The summed E-state index contributed by atoms with van der Waals surface area (Å²) in [5.41, 5.74) is 7.54. The first-order valence-corrected chi connectivity index (χ1v) is 17.8. The molecule has 0 aromatic heterocycles. The number of hydrogen-bond donors (Lipinski definition) is 0. The van der Waals surface area contributed by atoms with Crippen molar-refractivity contribution in [2.45, 2.75) is 96.9 Å². The second-order valence-corrected chi connectivity index (χ2v) is 18.0. The van der Waals surface area contributed by atoms with Crippen molar-refractivity contribution in [3.05, 3.63) is 134 Å². The van der Waals surface area contributed by atoms with Crippen molar-refractivity contribution in [2.24, 2.45) is 31.9 Å². The number of hydrogen-bond acceptors (Lipinski definition) is 5. The standard InChI is InChI=1S/C24H30O2.C21H25ClN2O/c1-15-11-17(12-16(2)21(15)25)9-10-18-13-19(23(3,4)5)22(26)20(14-18)24(6,7)8;1-20(2,3)17-11-14(12-18(19(17)25)21(4,5)6)13-23-24-16-9-7-15(22)8-10-16/h9-14H,1-8H3;7-13H,1-6H3. The van der Waals surface area contributed by atoms with Gasteiger partial charge in [-0.2, -0.15) is 10.2 Å². The molecule has 0 bridgehead atoms. The van der Waals surface area contributed by atoms with Crippen molar-refractivity contribution in [1.82, 2.24) is 0 Å². The molecule has 0 unspecified atom stereocenters. The number of carbonyl (C=O) groups is 3. The molecule has 0 fully saturated rings. The van der Waals surface area contributed by atoms with E-state index >= 15 is 0 Å². The summed E-state index contributed by atoms with van der Waals surface area (Å²) in [5.74, 6) is 0.360. The summed E-state index contributed by atoms with van der Waals surface area (Å²) < 4.78 is 0. The quantitative estimate of drug-likeness (QED) is 0.294. The molecular weight excluding hydrogens is 652 g/mol. The third-order valence-corrected chi connectivity index (χ3v) is 8.86. The minimum atomic E-state index is -0.228. The molecular formula is C45H55ClN2O3. The Hall–Kier alpha value is -4.22. The lowest BCUT2D eigenvalue weighted by atomic mass is 9.72. The monoisotopic (exact) mass is 706 g/mol. The van der Waals surface area contributed by atoms with Crippen LogP contribution in [0.25, 0.3) is 0 Å². The zero-order valence-electron chi connectivity index (χ0n) is 33.0. The van der Waals surface area contributed by atoms with Gasteiger partial charge in [-0.3, -0.25) is 14.4 Å². The van der Waals surface area contributed by atoms with Gasteiger partial charge in [0.25, 0.3) is 0 Å². The fourth-order valence-electron chi connectivity index (χ4n) is 5.64. The van der Waals surface area contributed by atoms with Crippen molar-refractivity contribution >= 4 is 34.6 Å². The van der Waals surface area contributed by atoms with Gasteiger partial charge in [0.1, 0.15) is 0 Å². The van der Waals surface area contributed by atoms with Gasteiger partial charge in [-0.05, 0) is 124 Å². The maximum Gasteiger partial charge on any atom is 0.186 e. The van der Waals surface area contributed by atoms with Gasteiger partial charge in [-0.25, -0.2) is 0 Å². The minimum absolute atomic E-state index is 0.0999. The van der Waals surface area contributed by atoms with Gasteiger partial charge in [0.2, 0.25) is 0 Å². The second kappa shape index (κ2) is 15.6. The molecule has 0 N–H and O–H groups in total. The Labute approximate surface area is 311 Å². The number of halogens is 1. The average molecular weight is 707 g/mol. The van der Waals surface area contributed by atoms with E-state index in [2.05, 4.69) is 93.3 Å². The number of carbonyl (C=O) groups excluding carboxylic acids is 3. The van der Waals surface area contributed by atoms with Crippen LogP contribution in [-0.2, 0) is 14.4 Å². The summed E-state index contributed by atoms with van der Waals surface area (Å²) in [6, 6.07) is 7.16. The molecule has 51 heavy (non-hydrogen) atoms. The first-order chi connectivity index (χ1) is 23.3. The van der Waals surface area contributed by atoms with Crippen molar-refractivity contribution in [1.29, 1.82) is 0 Å². The lowest BCUT2D eigenvalue weighted by molar-refractivity contribution is -0.114. The maximum absolute atomic E-state index is 13.0. The number of ketones is 3. The van der Waals surface area contributed by atoms with E-state index in [0.29, 0.717) is 5.02 Å². The highest BCUT2D eigenvalue weighted by Crippen LogP contribution is 2.40. The Balaban J connectivity index is 0.000000276. The molecule has 270 valence electrons. The van der Waals surface area contributed by atoms with Crippen LogP contribution in [0.5, 0.6) is 0 Å². The zero-order valence-corrected chi connectivity index (χ0v) is 33.8. The van der Waals surface area contributed by atoms with E-state index in [1.54, 1.807) is 18.3 Å². The van der Waals surface area contributed by atoms with Gasteiger partial charge in [0.05, 0.1) is 11.9 Å². The van der Waals surface area contributed by atoms with Crippen LogP contribution in [0.1, 0.15) is 96.9 Å². The smallest absolute Gasteiger partial charge is 0.186 e. The summed E-state index contributed by atoms with van der Waals surface area (Å²) >= 11 is 5.87. The largest absolute Gasteiger partial charge is 0.289 e. The number of Topliss-reactive ketones (excluding diaryl/α,β-unsaturated/α-hetero) is 3. The van der Waals surface area contributed by atoms with Crippen LogP contribution in [-0.4, -0.2) is 17.3 Å². The van der Waals surface area contributed by atoms with Crippen molar-refractivity contribution in [3.8, 4) is 0 Å². The molecule has 0 heterocycles. The van der Waals surface area contributed by atoms with Crippen molar-refractivity contribution < 1.29 is 14.4 Å². The molecule has 0 saturated carbocycles. The van der Waals surface area contributed by atoms with Crippen molar-refractivity contribution in [3.63, 3.8) is 0 Å². The molecule has 6 heteroatoms. The lowest BCUT2D eigenvalue weighted by Crippen LogP contribution is -2.27. The number of azo groups is 1. The first kappa shape index (κ1) is 41.2. The van der Waals surface area contributed by atoms with Crippen LogP contribution < -0.4 is 0 Å². The highest BCUT2D eigenvalue weighted by Gasteiger charge is 2.35. The molecule has 4 rings (SSSR count). The van der Waals surface area contributed by atoms with Gasteiger partial charge >= 0.3 is 0 Å². The normalized spacial score (nSPS) is 17.5. The molecule has 0 saturated heterocycles. The zero-order chi connectivity index (χ0) is 38.7. The molecule has 0 atom stereocenters. The van der Waals surface area contributed by atoms with Gasteiger partial charge in [0.15, 0.2) is 17.3 Å². The SMILES string of the molecule is CC(C)(C)C1=CC(=CN=Nc2ccc(Cl)cc2)C=C(C(C)(C)C)C1=O.CC1=CC(=CC=C2C=C(C(C)(C)C)C(=O)C(C(C)(C)C)=C2)C=C(C)C1=O. The summed E-state index contributed by atoms with van der Waals surface area (Å²) in [4.78, 5) is 37.7. The molecule has 0 amide bonds. The Kier molecular flexibility index (Phi) is 12.6. The third kappa shape index (κ3) is 11.1. The Morgan fingerprint density at radius 3 is 1.18 bits per heavy atom. The molecule has 0 aliphatic heterocycles. The van der Waals surface area contributed by atoms with E-state index < -0.39 is 0 Å². The van der Waals surface area contributed by atoms with Gasteiger partial charge < -0.3 is 0 Å². The van der Waals surface area contributed by atoms with E-state index in [1.165, 1.54) is 0 Å². The fraction of sp³-hybridized carbons (Fsp3) is 0.400. The van der Waals surface area contributed by atoms with Crippen LogP contribution in [0.2, 0.25) is 5.02 Å². The van der Waals surface area contributed by atoms with Gasteiger partial charge in [-0.15, -0.1) is 0 Å². The number of benzene rings is 1. The Bertz CT molecular complexity index is 1810. The number of allylic oxidation sites excluding steroid dienone is 17. The van der Waals surface area contributed by atoms with E-state index in [1.807, 2.05) is 74.6 Å². The van der Waals surface area contributed by atoms with E-state index in [0.717, 1.165) is 55.8 Å². The predicted octanol–water partition coefficient (Wildman–Crippen LogP) is 12.7. The molecule has 3 aliphatic carbocycles. The minimum Gasteiger partial charge on any atom is -0.289 e.